The molecule has 0 unspecified atom stereocenters. The quantitative estimate of drug-likeness (QED) is 0.444. The molecule has 9 heteroatoms. The second kappa shape index (κ2) is 7.69. The number of non-ortho nitro benzene ring substituents is 1. The maximum atomic E-state index is 12.3. The van der Waals surface area contributed by atoms with Gasteiger partial charge in [0.1, 0.15) is 4.90 Å². The highest BCUT2D eigenvalue weighted by Crippen LogP contribution is 2.28. The number of hydrogen-bond donors (Lipinski definition) is 1. The average molecular weight is 337 g/mol. The van der Waals surface area contributed by atoms with Crippen molar-refractivity contribution in [1.29, 1.82) is 0 Å². The Kier molecular flexibility index (Phi) is 6.53. The second-order valence-corrected chi connectivity index (χ2v) is 6.90. The molecule has 0 heterocycles. The molecular formula is C12H17ClN2O5S. The van der Waals surface area contributed by atoms with Crippen LogP contribution in [0.3, 0.4) is 0 Å². The Labute approximate surface area is 128 Å². The molecule has 0 radical (unpaired) electrons. The topological polar surface area (TPSA) is 101 Å². The smallest absolute Gasteiger partial charge is 0.271 e. The number of sulfonamides is 1. The molecule has 0 saturated carbocycles. The first kappa shape index (κ1) is 17.8. The van der Waals surface area contributed by atoms with Crippen LogP contribution in [-0.2, 0) is 10.0 Å². The zero-order valence-electron chi connectivity index (χ0n) is 11.5. The second-order valence-electron chi connectivity index (χ2n) is 4.48. The third-order valence-electron chi connectivity index (χ3n) is 2.95. The Balaban J connectivity index is 2.89. The summed E-state index contributed by atoms with van der Waals surface area (Å²) in [4.78, 5) is 9.83. The van der Waals surface area contributed by atoms with Crippen molar-refractivity contribution in [3.05, 3.63) is 33.3 Å². The molecule has 0 aliphatic carbocycles. The molecule has 0 spiro atoms. The number of rotatable bonds is 8. The normalized spacial score (nSPS) is 11.8. The minimum absolute atomic E-state index is 0.0741. The fraction of sp³-hybridized carbons (Fsp3) is 0.500. The van der Waals surface area contributed by atoms with E-state index in [1.807, 2.05) is 0 Å². The molecule has 0 amide bonds. The Morgan fingerprint density at radius 1 is 1.33 bits per heavy atom. The molecule has 0 aromatic heterocycles. The van der Waals surface area contributed by atoms with Crippen molar-refractivity contribution < 1.29 is 18.4 Å². The number of benzene rings is 1. The Bertz CT molecular complexity index is 606. The zero-order valence-corrected chi connectivity index (χ0v) is 13.1. The molecule has 0 atom stereocenters. The molecule has 0 saturated heterocycles. The summed E-state index contributed by atoms with van der Waals surface area (Å²) in [7, 11) is -2.36. The van der Waals surface area contributed by atoms with Gasteiger partial charge in [-0.05, 0) is 25.3 Å². The number of hydrogen-bond acceptors (Lipinski definition) is 5. The van der Waals surface area contributed by atoms with Crippen molar-refractivity contribution in [2.45, 2.75) is 24.2 Å². The van der Waals surface area contributed by atoms with Gasteiger partial charge in [-0.3, -0.25) is 10.1 Å². The van der Waals surface area contributed by atoms with E-state index >= 15 is 0 Å². The van der Waals surface area contributed by atoms with Gasteiger partial charge in [-0.25, -0.2) is 12.7 Å². The SMILES string of the molecule is CN(CCCCCO)S(=O)(=O)c1ccc([N+](=O)[O-])cc1Cl. The Morgan fingerprint density at radius 3 is 2.52 bits per heavy atom. The zero-order chi connectivity index (χ0) is 16.0. The van der Waals surface area contributed by atoms with Gasteiger partial charge in [-0.2, -0.15) is 0 Å². The molecule has 118 valence electrons. The highest BCUT2D eigenvalue weighted by Gasteiger charge is 2.24. The van der Waals surface area contributed by atoms with Crippen molar-refractivity contribution in [2.24, 2.45) is 0 Å². The molecule has 0 fully saturated rings. The monoisotopic (exact) mass is 336 g/mol. The summed E-state index contributed by atoms with van der Waals surface area (Å²) < 4.78 is 25.8. The number of aliphatic hydroxyl groups is 1. The number of aliphatic hydroxyl groups excluding tert-OH is 1. The molecule has 1 N–H and O–H groups in total. The van der Waals surface area contributed by atoms with E-state index in [9.17, 15) is 18.5 Å². The van der Waals surface area contributed by atoms with Crippen LogP contribution in [0.4, 0.5) is 5.69 Å². The lowest BCUT2D eigenvalue weighted by molar-refractivity contribution is -0.384. The van der Waals surface area contributed by atoms with Gasteiger partial charge in [0, 0.05) is 32.3 Å². The first-order valence-electron chi connectivity index (χ1n) is 6.32. The summed E-state index contributed by atoms with van der Waals surface area (Å²) in [6.45, 7) is 0.361. The minimum Gasteiger partial charge on any atom is -0.396 e. The van der Waals surface area contributed by atoms with E-state index in [1.54, 1.807) is 0 Å². The lowest BCUT2D eigenvalue weighted by atomic mass is 10.2. The van der Waals surface area contributed by atoms with Crippen molar-refractivity contribution >= 4 is 27.3 Å². The van der Waals surface area contributed by atoms with Crippen molar-refractivity contribution in [1.82, 2.24) is 4.31 Å². The van der Waals surface area contributed by atoms with E-state index in [4.69, 9.17) is 16.7 Å². The summed E-state index contributed by atoms with van der Waals surface area (Å²) >= 11 is 5.84. The predicted octanol–water partition coefficient (Wildman–Crippen LogP) is 2.03. The summed E-state index contributed by atoms with van der Waals surface area (Å²) in [5.74, 6) is 0. The van der Waals surface area contributed by atoms with Gasteiger partial charge in [0.25, 0.3) is 5.69 Å². The van der Waals surface area contributed by atoms with E-state index in [2.05, 4.69) is 0 Å². The van der Waals surface area contributed by atoms with Crippen LogP contribution in [0.5, 0.6) is 0 Å². The van der Waals surface area contributed by atoms with Gasteiger partial charge in [0.05, 0.1) is 9.95 Å². The number of halogens is 1. The van der Waals surface area contributed by atoms with E-state index in [1.165, 1.54) is 7.05 Å². The maximum absolute atomic E-state index is 12.3. The van der Waals surface area contributed by atoms with Crippen LogP contribution >= 0.6 is 11.6 Å². The van der Waals surface area contributed by atoms with Crippen LogP contribution in [-0.4, -0.2) is 43.0 Å². The van der Waals surface area contributed by atoms with Crippen LogP contribution in [0.25, 0.3) is 0 Å². The largest absolute Gasteiger partial charge is 0.396 e. The summed E-state index contributed by atoms with van der Waals surface area (Å²) in [6.07, 6.45) is 1.94. The van der Waals surface area contributed by atoms with Crippen LogP contribution < -0.4 is 0 Å². The van der Waals surface area contributed by atoms with E-state index in [0.29, 0.717) is 19.3 Å². The molecule has 1 aromatic rings. The molecule has 1 rings (SSSR count). The number of nitro benzene ring substituents is 1. The lowest BCUT2D eigenvalue weighted by Crippen LogP contribution is -2.28. The van der Waals surface area contributed by atoms with Crippen LogP contribution in [0, 0.1) is 10.1 Å². The standard InChI is InChI=1S/C12H17ClN2O5S/c1-14(7-3-2-4-8-16)21(19,20)12-6-5-10(15(17)18)9-11(12)13/h5-6,9,16H,2-4,7-8H2,1H3. The van der Waals surface area contributed by atoms with Crippen LogP contribution in [0.2, 0.25) is 5.02 Å². The minimum atomic E-state index is -3.78. The van der Waals surface area contributed by atoms with E-state index in [-0.39, 0.29) is 28.8 Å². The molecule has 0 bridgehead atoms. The van der Waals surface area contributed by atoms with Crippen molar-refractivity contribution in [3.63, 3.8) is 0 Å². The van der Waals surface area contributed by atoms with Gasteiger partial charge >= 0.3 is 0 Å². The van der Waals surface area contributed by atoms with Crippen LogP contribution in [0.1, 0.15) is 19.3 Å². The lowest BCUT2D eigenvalue weighted by Gasteiger charge is -2.17. The van der Waals surface area contributed by atoms with Gasteiger partial charge in [0.2, 0.25) is 10.0 Å². The molecule has 0 aliphatic heterocycles. The van der Waals surface area contributed by atoms with E-state index < -0.39 is 14.9 Å². The number of nitrogens with zero attached hydrogens (tertiary/aromatic N) is 2. The van der Waals surface area contributed by atoms with Crippen LogP contribution in [0.15, 0.2) is 23.1 Å². The Hall–Kier alpha value is -1.22. The van der Waals surface area contributed by atoms with Gasteiger partial charge in [-0.15, -0.1) is 0 Å². The fourth-order valence-corrected chi connectivity index (χ4v) is 3.44. The average Bonchev–Trinajstić information content (AvgIpc) is 2.42. The van der Waals surface area contributed by atoms with Crippen molar-refractivity contribution in [3.8, 4) is 0 Å². The molecule has 1 aromatic carbocycles. The Morgan fingerprint density at radius 2 is 2.00 bits per heavy atom. The molecule has 7 nitrogen and oxygen atoms in total. The highest BCUT2D eigenvalue weighted by atomic mass is 35.5. The van der Waals surface area contributed by atoms with Crippen molar-refractivity contribution in [2.75, 3.05) is 20.2 Å². The fourth-order valence-electron chi connectivity index (χ4n) is 1.72. The van der Waals surface area contributed by atoms with Gasteiger partial charge in [-0.1, -0.05) is 11.6 Å². The summed E-state index contributed by atoms with van der Waals surface area (Å²) in [6, 6.07) is 3.27. The molecule has 0 aliphatic rings. The maximum Gasteiger partial charge on any atom is 0.271 e. The van der Waals surface area contributed by atoms with Gasteiger partial charge in [0.15, 0.2) is 0 Å². The number of unbranched alkanes of at least 4 members (excludes halogenated alkanes) is 2. The third-order valence-corrected chi connectivity index (χ3v) is 5.29. The highest BCUT2D eigenvalue weighted by molar-refractivity contribution is 7.89. The number of nitro groups is 1. The summed E-state index contributed by atoms with van der Waals surface area (Å²) in [5.41, 5.74) is -0.260. The summed E-state index contributed by atoms with van der Waals surface area (Å²) in [5, 5.41) is 19.1. The first-order valence-corrected chi connectivity index (χ1v) is 8.13. The third kappa shape index (κ3) is 4.63. The predicted molar refractivity (Wildman–Crippen MR) is 78.9 cm³/mol. The first-order chi connectivity index (χ1) is 9.80. The molecule has 21 heavy (non-hydrogen) atoms. The van der Waals surface area contributed by atoms with E-state index in [0.717, 1.165) is 22.5 Å². The molecular weight excluding hydrogens is 320 g/mol. The van der Waals surface area contributed by atoms with Gasteiger partial charge < -0.3 is 5.11 Å².